The van der Waals surface area contributed by atoms with Crippen molar-refractivity contribution in [1.82, 2.24) is 19.7 Å². The Hall–Kier alpha value is -4.44. The van der Waals surface area contributed by atoms with Gasteiger partial charge in [-0.05, 0) is 49.1 Å². The number of allylic oxidation sites excluding steroid dienone is 2. The topological polar surface area (TPSA) is 65.0 Å². The molecule has 0 amide bonds. The summed E-state index contributed by atoms with van der Waals surface area (Å²) < 4.78 is 16.9. The van der Waals surface area contributed by atoms with Crippen LogP contribution in [0.25, 0.3) is 33.0 Å². The van der Waals surface area contributed by atoms with Gasteiger partial charge in [0.15, 0.2) is 5.78 Å². The molecule has 0 fully saturated rings. The van der Waals surface area contributed by atoms with E-state index >= 15 is 0 Å². The minimum absolute atomic E-state index is 0.0159. The number of hydrogen-bond donors (Lipinski definition) is 0. The van der Waals surface area contributed by atoms with E-state index in [2.05, 4.69) is 21.7 Å². The molecule has 0 unspecified atom stereocenters. The highest BCUT2D eigenvalue weighted by molar-refractivity contribution is 6.00. The van der Waals surface area contributed by atoms with Crippen LogP contribution >= 0.6 is 0 Å². The maximum Gasteiger partial charge on any atom is 0.226 e. The first kappa shape index (κ1) is 23.0. The molecule has 4 aromatic rings. The minimum atomic E-state index is -0.609. The maximum absolute atomic E-state index is 15.0. The van der Waals surface area contributed by atoms with Gasteiger partial charge in [0, 0.05) is 34.2 Å². The number of nitrogens with zero attached hydrogens (tertiary/aromatic N) is 5. The number of hydrogen-bond acceptors (Lipinski definition) is 4. The van der Waals surface area contributed by atoms with Crippen molar-refractivity contribution in [1.29, 1.82) is 0 Å². The molecule has 0 spiro atoms. The fraction of sp³-hybridized carbons (Fsp3) is 0.233. The molecule has 0 N–H and O–H groups in total. The number of fused-ring (bicyclic) bond motifs is 3. The average Bonchev–Trinajstić information content (AvgIpc) is 3.32. The van der Waals surface area contributed by atoms with Crippen molar-refractivity contribution in [2.45, 2.75) is 32.1 Å². The molecule has 0 bridgehead atoms. The predicted octanol–water partition coefficient (Wildman–Crippen LogP) is 5.98. The molecule has 2 aromatic heterocycles. The Bertz CT molecular complexity index is 1600. The molecule has 2 aliphatic carbocycles. The summed E-state index contributed by atoms with van der Waals surface area (Å²) in [6.07, 6.45) is 6.48. The monoisotopic (exact) mass is 489 g/mol. The normalized spacial score (nSPS) is 22.5. The average molecular weight is 490 g/mol. The molecule has 0 saturated heterocycles. The molecule has 7 heteroatoms. The van der Waals surface area contributed by atoms with Crippen LogP contribution in [0.15, 0.2) is 78.9 Å². The third-order valence-corrected chi connectivity index (χ3v) is 7.91. The number of carbonyl (C=O) groups excluding carboxylic acids is 1. The Morgan fingerprint density at radius 1 is 1.14 bits per heavy atom. The first-order valence-corrected chi connectivity index (χ1v) is 12.3. The fourth-order valence-corrected chi connectivity index (χ4v) is 6.11. The van der Waals surface area contributed by atoms with Crippen molar-refractivity contribution in [2.24, 2.45) is 11.8 Å². The molecule has 182 valence electrons. The molecular formula is C30H24FN5O. The van der Waals surface area contributed by atoms with E-state index in [-0.39, 0.29) is 29.1 Å². The molecule has 0 radical (unpaired) electrons. The lowest BCUT2D eigenvalue weighted by atomic mass is 9.58. The number of halogens is 1. The van der Waals surface area contributed by atoms with Crippen LogP contribution in [0.5, 0.6) is 0 Å². The van der Waals surface area contributed by atoms with Crippen LogP contribution in [0.4, 0.5) is 4.39 Å². The van der Waals surface area contributed by atoms with Crippen molar-refractivity contribution in [3.8, 4) is 28.2 Å². The van der Waals surface area contributed by atoms with E-state index in [4.69, 9.17) is 11.7 Å². The number of ketones is 1. The lowest BCUT2D eigenvalue weighted by molar-refractivity contribution is -0.121. The zero-order valence-electron chi connectivity index (χ0n) is 20.5. The summed E-state index contributed by atoms with van der Waals surface area (Å²) in [5.41, 5.74) is 5.07. The first-order valence-electron chi connectivity index (χ1n) is 12.3. The van der Waals surface area contributed by atoms with Crippen LogP contribution < -0.4 is 0 Å². The van der Waals surface area contributed by atoms with Crippen LogP contribution in [0.3, 0.4) is 0 Å². The van der Waals surface area contributed by atoms with Gasteiger partial charge >= 0.3 is 0 Å². The van der Waals surface area contributed by atoms with E-state index in [0.717, 1.165) is 34.6 Å². The van der Waals surface area contributed by atoms with Crippen LogP contribution in [0, 0.1) is 24.2 Å². The third-order valence-electron chi connectivity index (χ3n) is 7.91. The minimum Gasteiger partial charge on any atom is -0.308 e. The zero-order valence-corrected chi connectivity index (χ0v) is 20.5. The lowest BCUT2D eigenvalue weighted by Crippen LogP contribution is -2.46. The van der Waals surface area contributed by atoms with Crippen molar-refractivity contribution in [3.05, 3.63) is 107 Å². The van der Waals surface area contributed by atoms with Crippen molar-refractivity contribution in [3.63, 3.8) is 0 Å². The SMILES string of the molecule is [C-]#[N+]C1=C[C@@]2(C)c3c(c(-c4ccccc4F)nn3-c3ccc(-c4ccncn4)cc3)CC[C@@H]2[C@@H](C)C1=O. The Morgan fingerprint density at radius 2 is 1.92 bits per heavy atom. The Balaban J connectivity index is 1.59. The molecule has 0 saturated carbocycles. The third kappa shape index (κ3) is 3.52. The smallest absolute Gasteiger partial charge is 0.226 e. The van der Waals surface area contributed by atoms with Crippen LogP contribution in [0.1, 0.15) is 31.5 Å². The van der Waals surface area contributed by atoms with Gasteiger partial charge in [-0.25, -0.2) is 23.9 Å². The number of benzene rings is 2. The number of carbonyl (C=O) groups is 1. The Labute approximate surface area is 214 Å². The lowest BCUT2D eigenvalue weighted by Gasteiger charge is -2.45. The molecular weight excluding hydrogens is 465 g/mol. The van der Waals surface area contributed by atoms with E-state index in [9.17, 15) is 9.18 Å². The van der Waals surface area contributed by atoms with Gasteiger partial charge in [0.05, 0.1) is 29.3 Å². The second kappa shape index (κ2) is 8.59. The van der Waals surface area contributed by atoms with E-state index in [0.29, 0.717) is 17.7 Å². The number of rotatable bonds is 3. The molecule has 2 aliphatic rings. The number of Topliss-reactive ketones (excluding diaryl/α,β-unsaturated/α-hetero) is 1. The van der Waals surface area contributed by atoms with E-state index in [1.54, 1.807) is 18.3 Å². The predicted molar refractivity (Wildman–Crippen MR) is 138 cm³/mol. The quantitative estimate of drug-likeness (QED) is 0.332. The maximum atomic E-state index is 15.0. The first-order chi connectivity index (χ1) is 17.9. The van der Waals surface area contributed by atoms with E-state index in [1.807, 2.05) is 54.1 Å². The standard InChI is InChI=1S/C30H24FN5O/c1-18-23-13-12-22-27(21-6-4-5-7-24(21)31)35-36(29(22)30(23,2)16-26(32-3)28(18)37)20-10-8-19(9-11-20)25-14-15-33-17-34-25/h4-11,14-18,23H,12-13H2,1-2H3/t18-,23-,30-/m1/s1. The second-order valence-corrected chi connectivity index (χ2v) is 9.93. The number of aromatic nitrogens is 4. The van der Waals surface area contributed by atoms with Gasteiger partial charge in [-0.15, -0.1) is 0 Å². The van der Waals surface area contributed by atoms with Gasteiger partial charge in [-0.1, -0.05) is 44.2 Å². The molecule has 0 aliphatic heterocycles. The highest BCUT2D eigenvalue weighted by Gasteiger charge is 2.50. The fourth-order valence-electron chi connectivity index (χ4n) is 6.11. The summed E-state index contributed by atoms with van der Waals surface area (Å²) >= 11 is 0. The van der Waals surface area contributed by atoms with Crippen molar-refractivity contribution in [2.75, 3.05) is 0 Å². The summed E-state index contributed by atoms with van der Waals surface area (Å²) in [5.74, 6) is -0.698. The Morgan fingerprint density at radius 3 is 2.62 bits per heavy atom. The molecule has 2 heterocycles. The van der Waals surface area contributed by atoms with Gasteiger partial charge < -0.3 is 4.79 Å². The molecule has 37 heavy (non-hydrogen) atoms. The summed E-state index contributed by atoms with van der Waals surface area (Å²) in [5, 5.41) is 4.99. The largest absolute Gasteiger partial charge is 0.308 e. The summed E-state index contributed by atoms with van der Waals surface area (Å²) in [6, 6.07) is 16.4. The summed E-state index contributed by atoms with van der Waals surface area (Å²) in [4.78, 5) is 24.8. The second-order valence-electron chi connectivity index (χ2n) is 9.93. The van der Waals surface area contributed by atoms with Crippen molar-refractivity contribution >= 4 is 5.78 Å². The van der Waals surface area contributed by atoms with Crippen LogP contribution in [-0.4, -0.2) is 25.5 Å². The van der Waals surface area contributed by atoms with Crippen molar-refractivity contribution < 1.29 is 9.18 Å². The molecule has 3 atom stereocenters. The molecule has 6 rings (SSSR count). The Kier molecular flexibility index (Phi) is 5.34. The van der Waals surface area contributed by atoms with Gasteiger partial charge in [-0.3, -0.25) is 0 Å². The molecule has 6 nitrogen and oxygen atoms in total. The highest BCUT2D eigenvalue weighted by Crippen LogP contribution is 2.52. The van der Waals surface area contributed by atoms with Crippen LogP contribution in [-0.2, 0) is 16.6 Å². The van der Waals surface area contributed by atoms with Crippen LogP contribution in [0.2, 0.25) is 0 Å². The van der Waals surface area contributed by atoms with E-state index < -0.39 is 5.41 Å². The zero-order chi connectivity index (χ0) is 25.7. The van der Waals surface area contributed by atoms with Gasteiger partial charge in [0.25, 0.3) is 0 Å². The van der Waals surface area contributed by atoms with Gasteiger partial charge in [0.1, 0.15) is 12.1 Å². The van der Waals surface area contributed by atoms with E-state index in [1.165, 1.54) is 12.4 Å². The summed E-state index contributed by atoms with van der Waals surface area (Å²) in [6.45, 7) is 11.6. The summed E-state index contributed by atoms with van der Waals surface area (Å²) in [7, 11) is 0. The highest BCUT2D eigenvalue weighted by atomic mass is 19.1. The van der Waals surface area contributed by atoms with Gasteiger partial charge in [0.2, 0.25) is 5.70 Å². The molecule has 2 aromatic carbocycles. The van der Waals surface area contributed by atoms with Gasteiger partial charge in [-0.2, -0.15) is 5.10 Å².